The molecule has 1 fully saturated rings. The molecule has 42 heavy (non-hydrogen) atoms. The van der Waals surface area contributed by atoms with Crippen LogP contribution in [0.25, 0.3) is 0 Å². The third-order valence-corrected chi connectivity index (χ3v) is 7.39. The van der Waals surface area contributed by atoms with Crippen molar-refractivity contribution in [3.63, 3.8) is 0 Å². The summed E-state index contributed by atoms with van der Waals surface area (Å²) in [6.45, 7) is 8.61. The standard InChI is InChI=1S/C34H44N4O4/c1-4-35-28-19-27(20-29(21-28)38-17-11-16-32(38)40)33(41)37-30(18-25-12-7-5-8-13-25)31(39)22-36-34(2,3)24-42-23-26-14-9-6-10-15-26/h5-10,12-15,19-21,30-31,35-36,39H,4,11,16-18,22-24H2,1-3H3,(H,37,41)/t30-,31+/m0/s1. The number of nitrogens with one attached hydrogen (secondary N) is 3. The van der Waals surface area contributed by atoms with E-state index in [0.717, 1.165) is 23.2 Å². The number of benzene rings is 3. The summed E-state index contributed by atoms with van der Waals surface area (Å²) in [4.78, 5) is 27.8. The highest BCUT2D eigenvalue weighted by Crippen LogP contribution is 2.27. The van der Waals surface area contributed by atoms with Gasteiger partial charge < -0.3 is 30.7 Å². The fourth-order valence-corrected chi connectivity index (χ4v) is 5.10. The highest BCUT2D eigenvalue weighted by atomic mass is 16.5. The molecule has 0 saturated carbocycles. The van der Waals surface area contributed by atoms with Crippen LogP contribution >= 0.6 is 0 Å². The van der Waals surface area contributed by atoms with Crippen LogP contribution in [0.2, 0.25) is 0 Å². The third kappa shape index (κ3) is 9.14. The van der Waals surface area contributed by atoms with Crippen molar-refractivity contribution in [3.05, 3.63) is 95.6 Å². The lowest BCUT2D eigenvalue weighted by atomic mass is 9.99. The Morgan fingerprint density at radius 2 is 1.71 bits per heavy atom. The quantitative estimate of drug-likeness (QED) is 0.213. The van der Waals surface area contributed by atoms with Gasteiger partial charge >= 0.3 is 0 Å². The molecule has 8 heteroatoms. The van der Waals surface area contributed by atoms with Crippen LogP contribution in [0.15, 0.2) is 78.9 Å². The number of anilines is 2. The topological polar surface area (TPSA) is 103 Å². The van der Waals surface area contributed by atoms with Crippen molar-refractivity contribution in [1.29, 1.82) is 0 Å². The molecule has 0 aromatic heterocycles. The van der Waals surface area contributed by atoms with Crippen LogP contribution in [0, 0.1) is 0 Å². The molecule has 1 heterocycles. The number of hydrogen-bond donors (Lipinski definition) is 4. The zero-order valence-electron chi connectivity index (χ0n) is 24.9. The Labute approximate surface area is 249 Å². The molecule has 0 radical (unpaired) electrons. The average Bonchev–Trinajstić information content (AvgIpc) is 3.42. The van der Waals surface area contributed by atoms with Crippen LogP contribution in [-0.4, -0.2) is 60.8 Å². The zero-order valence-corrected chi connectivity index (χ0v) is 24.9. The number of aliphatic hydroxyl groups excluding tert-OH is 1. The number of nitrogens with zero attached hydrogens (tertiary/aromatic N) is 1. The first kappa shape index (κ1) is 31.2. The summed E-state index contributed by atoms with van der Waals surface area (Å²) in [6.07, 6.45) is 0.917. The molecule has 1 aliphatic rings. The predicted molar refractivity (Wildman–Crippen MR) is 168 cm³/mol. The van der Waals surface area contributed by atoms with E-state index in [9.17, 15) is 14.7 Å². The van der Waals surface area contributed by atoms with Gasteiger partial charge in [-0.15, -0.1) is 0 Å². The van der Waals surface area contributed by atoms with Gasteiger partial charge in [0.05, 0.1) is 25.4 Å². The first-order valence-corrected chi connectivity index (χ1v) is 14.8. The van der Waals surface area contributed by atoms with Crippen LogP contribution in [0.3, 0.4) is 0 Å². The molecule has 4 N–H and O–H groups in total. The minimum atomic E-state index is -0.862. The van der Waals surface area contributed by atoms with Gasteiger partial charge in [-0.3, -0.25) is 9.59 Å². The van der Waals surface area contributed by atoms with Crippen molar-refractivity contribution < 1.29 is 19.4 Å². The number of hydrogen-bond acceptors (Lipinski definition) is 6. The number of ether oxygens (including phenoxy) is 1. The van der Waals surface area contributed by atoms with E-state index in [4.69, 9.17) is 4.74 Å². The number of amides is 2. The van der Waals surface area contributed by atoms with E-state index in [0.29, 0.717) is 50.4 Å². The van der Waals surface area contributed by atoms with Crippen LogP contribution in [0.1, 0.15) is 55.1 Å². The molecule has 0 bridgehead atoms. The van der Waals surface area contributed by atoms with E-state index in [-0.39, 0.29) is 18.4 Å². The molecule has 2 amide bonds. The second kappa shape index (κ2) is 15.0. The maximum absolute atomic E-state index is 13.6. The van der Waals surface area contributed by atoms with Gasteiger partial charge in [-0.25, -0.2) is 0 Å². The lowest BCUT2D eigenvalue weighted by molar-refractivity contribution is -0.117. The van der Waals surface area contributed by atoms with Crippen molar-refractivity contribution in [2.75, 3.05) is 36.5 Å². The highest BCUT2D eigenvalue weighted by molar-refractivity contribution is 6.00. The normalized spacial score (nSPS) is 15.0. The van der Waals surface area contributed by atoms with E-state index in [1.54, 1.807) is 17.0 Å². The molecule has 1 saturated heterocycles. The Bertz CT molecular complexity index is 1300. The molecular weight excluding hydrogens is 528 g/mol. The predicted octanol–water partition coefficient (Wildman–Crippen LogP) is 4.53. The summed E-state index contributed by atoms with van der Waals surface area (Å²) in [5, 5.41) is 21.1. The first-order chi connectivity index (χ1) is 20.2. The number of β-amino-alcohol motifs (C(OH)–C–C–N with tert-alkyl or cyclic N) is 1. The van der Waals surface area contributed by atoms with Crippen LogP contribution in [-0.2, 0) is 22.6 Å². The van der Waals surface area contributed by atoms with Gasteiger partial charge in [0, 0.05) is 48.5 Å². The molecule has 0 unspecified atom stereocenters. The van der Waals surface area contributed by atoms with Crippen molar-refractivity contribution in [3.8, 4) is 0 Å². The van der Waals surface area contributed by atoms with Gasteiger partial charge in [0.2, 0.25) is 5.91 Å². The van der Waals surface area contributed by atoms with Gasteiger partial charge in [-0.2, -0.15) is 0 Å². The molecule has 3 aromatic rings. The van der Waals surface area contributed by atoms with Gasteiger partial charge in [-0.05, 0) is 62.9 Å². The monoisotopic (exact) mass is 572 g/mol. The molecule has 4 rings (SSSR count). The second-order valence-corrected chi connectivity index (χ2v) is 11.5. The van der Waals surface area contributed by atoms with Gasteiger partial charge in [0.1, 0.15) is 0 Å². The maximum Gasteiger partial charge on any atom is 0.251 e. The van der Waals surface area contributed by atoms with Crippen LogP contribution in [0.4, 0.5) is 11.4 Å². The van der Waals surface area contributed by atoms with Crippen molar-refractivity contribution in [2.45, 2.75) is 64.3 Å². The molecule has 2 atom stereocenters. The molecule has 3 aromatic carbocycles. The molecule has 224 valence electrons. The van der Waals surface area contributed by atoms with Gasteiger partial charge in [0.25, 0.3) is 5.91 Å². The zero-order chi connectivity index (χ0) is 30.0. The Kier molecular flexibility index (Phi) is 11.1. The fourth-order valence-electron chi connectivity index (χ4n) is 5.10. The van der Waals surface area contributed by atoms with Crippen molar-refractivity contribution in [2.24, 2.45) is 0 Å². The number of rotatable bonds is 15. The average molecular weight is 573 g/mol. The molecular formula is C34H44N4O4. The van der Waals surface area contributed by atoms with E-state index < -0.39 is 17.7 Å². The van der Waals surface area contributed by atoms with Crippen LogP contribution < -0.4 is 20.9 Å². The SMILES string of the molecule is CCNc1cc(C(=O)N[C@@H](Cc2ccccc2)[C@H](O)CNC(C)(C)COCc2ccccc2)cc(N2CCCC2=O)c1. The van der Waals surface area contributed by atoms with Crippen LogP contribution in [0.5, 0.6) is 0 Å². The van der Waals surface area contributed by atoms with Crippen molar-refractivity contribution >= 4 is 23.2 Å². The van der Waals surface area contributed by atoms with Crippen molar-refractivity contribution in [1.82, 2.24) is 10.6 Å². The van der Waals surface area contributed by atoms with E-state index >= 15 is 0 Å². The van der Waals surface area contributed by atoms with Gasteiger partial charge in [-0.1, -0.05) is 60.7 Å². The summed E-state index contributed by atoms with van der Waals surface area (Å²) >= 11 is 0. The smallest absolute Gasteiger partial charge is 0.251 e. The third-order valence-electron chi connectivity index (χ3n) is 7.39. The summed E-state index contributed by atoms with van der Waals surface area (Å²) in [6, 6.07) is 24.8. The molecule has 1 aliphatic heterocycles. The first-order valence-electron chi connectivity index (χ1n) is 14.8. The highest BCUT2D eigenvalue weighted by Gasteiger charge is 2.27. The Hall–Kier alpha value is -3.72. The second-order valence-electron chi connectivity index (χ2n) is 11.5. The Morgan fingerprint density at radius 1 is 1.02 bits per heavy atom. The summed E-state index contributed by atoms with van der Waals surface area (Å²) in [7, 11) is 0. The van der Waals surface area contributed by atoms with Gasteiger partial charge in [0.15, 0.2) is 0 Å². The maximum atomic E-state index is 13.6. The largest absolute Gasteiger partial charge is 0.390 e. The van der Waals surface area contributed by atoms with E-state index in [1.807, 2.05) is 87.5 Å². The minimum absolute atomic E-state index is 0.0637. The Balaban J connectivity index is 1.45. The lowest BCUT2D eigenvalue weighted by Gasteiger charge is -2.31. The number of carbonyl (C=O) groups excluding carboxylic acids is 2. The van der Waals surface area contributed by atoms with E-state index in [1.165, 1.54) is 0 Å². The summed E-state index contributed by atoms with van der Waals surface area (Å²) < 4.78 is 5.94. The molecule has 8 nitrogen and oxygen atoms in total. The minimum Gasteiger partial charge on any atom is -0.390 e. The van der Waals surface area contributed by atoms with E-state index in [2.05, 4.69) is 16.0 Å². The number of aliphatic hydroxyl groups is 1. The fraction of sp³-hybridized carbons (Fsp3) is 0.412. The summed E-state index contributed by atoms with van der Waals surface area (Å²) in [5.41, 5.74) is 3.65. The lowest BCUT2D eigenvalue weighted by Crippen LogP contribution is -2.53. The molecule has 0 spiro atoms. The number of carbonyl (C=O) groups is 2. The molecule has 0 aliphatic carbocycles. The Morgan fingerprint density at radius 3 is 2.36 bits per heavy atom. The summed E-state index contributed by atoms with van der Waals surface area (Å²) in [5.74, 6) is -0.234.